The minimum atomic E-state index is 0.395. The highest BCUT2D eigenvalue weighted by molar-refractivity contribution is 5.49. The van der Waals surface area contributed by atoms with Crippen molar-refractivity contribution in [1.29, 1.82) is 5.26 Å². The average molecular weight is 327 g/mol. The van der Waals surface area contributed by atoms with Crippen LogP contribution in [-0.4, -0.2) is 51.2 Å². The maximum absolute atomic E-state index is 9.22. The topological polar surface area (TPSA) is 95.0 Å². The Morgan fingerprint density at radius 1 is 1.33 bits per heavy atom. The Balaban J connectivity index is 1.63. The first kappa shape index (κ1) is 16.3. The quantitative estimate of drug-likeness (QED) is 0.834. The Morgan fingerprint density at radius 3 is 2.92 bits per heavy atom. The molecule has 126 valence electrons. The van der Waals surface area contributed by atoms with Gasteiger partial charge in [-0.25, -0.2) is 9.97 Å². The van der Waals surface area contributed by atoms with Crippen LogP contribution in [0.5, 0.6) is 0 Å². The minimum absolute atomic E-state index is 0.395. The maximum atomic E-state index is 9.22. The van der Waals surface area contributed by atoms with Crippen LogP contribution in [0.1, 0.15) is 36.7 Å². The van der Waals surface area contributed by atoms with Gasteiger partial charge < -0.3 is 9.42 Å². The van der Waals surface area contributed by atoms with Crippen LogP contribution in [0.25, 0.3) is 0 Å². The van der Waals surface area contributed by atoms with E-state index in [2.05, 4.69) is 43.0 Å². The number of nitriles is 1. The van der Waals surface area contributed by atoms with Crippen molar-refractivity contribution < 1.29 is 4.52 Å². The molecule has 1 aliphatic rings. The second-order valence-corrected chi connectivity index (χ2v) is 6.06. The molecule has 1 unspecified atom stereocenters. The summed E-state index contributed by atoms with van der Waals surface area (Å²) in [5.74, 6) is 2.01. The molecule has 1 fully saturated rings. The number of hydrogen-bond donors (Lipinski definition) is 0. The van der Waals surface area contributed by atoms with Crippen molar-refractivity contribution in [1.82, 2.24) is 25.0 Å². The van der Waals surface area contributed by atoms with Crippen molar-refractivity contribution in [3.63, 3.8) is 0 Å². The van der Waals surface area contributed by atoms with Gasteiger partial charge in [0, 0.05) is 38.4 Å². The van der Waals surface area contributed by atoms with Gasteiger partial charge in [0.25, 0.3) is 0 Å². The maximum Gasteiger partial charge on any atom is 0.223 e. The van der Waals surface area contributed by atoms with Gasteiger partial charge in [0.05, 0.1) is 6.54 Å². The molecule has 0 N–H and O–H groups in total. The molecule has 0 radical (unpaired) electrons. The summed E-state index contributed by atoms with van der Waals surface area (Å²) in [5.41, 5.74) is 0.395. The van der Waals surface area contributed by atoms with Crippen LogP contribution in [-0.2, 0) is 6.54 Å². The highest BCUT2D eigenvalue weighted by atomic mass is 16.5. The SMILES string of the molecule is Cc1nc(CN(C)C2CCCN(c3nccnc3C#N)CC2)no1. The minimum Gasteiger partial charge on any atom is -0.354 e. The van der Waals surface area contributed by atoms with Gasteiger partial charge in [0.15, 0.2) is 17.3 Å². The lowest BCUT2D eigenvalue weighted by Gasteiger charge is -2.26. The van der Waals surface area contributed by atoms with Crippen LogP contribution in [0.3, 0.4) is 0 Å². The first-order valence-corrected chi connectivity index (χ1v) is 8.13. The lowest BCUT2D eigenvalue weighted by Crippen LogP contribution is -2.33. The van der Waals surface area contributed by atoms with E-state index < -0.39 is 0 Å². The number of aryl methyl sites for hydroxylation is 1. The van der Waals surface area contributed by atoms with Gasteiger partial charge in [-0.05, 0) is 26.3 Å². The first-order chi connectivity index (χ1) is 11.7. The van der Waals surface area contributed by atoms with Gasteiger partial charge >= 0.3 is 0 Å². The predicted octanol–water partition coefficient (Wildman–Crippen LogP) is 1.53. The van der Waals surface area contributed by atoms with Crippen molar-refractivity contribution in [2.24, 2.45) is 0 Å². The van der Waals surface area contributed by atoms with Crippen LogP contribution in [0.4, 0.5) is 5.82 Å². The van der Waals surface area contributed by atoms with Gasteiger partial charge in [-0.1, -0.05) is 5.16 Å². The van der Waals surface area contributed by atoms with Crippen LogP contribution in [0.2, 0.25) is 0 Å². The van der Waals surface area contributed by atoms with E-state index in [1.54, 1.807) is 19.3 Å². The Bertz CT molecular complexity index is 723. The molecule has 2 aromatic rings. The van der Waals surface area contributed by atoms with Crippen LogP contribution >= 0.6 is 0 Å². The third-order valence-corrected chi connectivity index (χ3v) is 4.37. The second kappa shape index (κ2) is 7.36. The van der Waals surface area contributed by atoms with Crippen molar-refractivity contribution >= 4 is 5.82 Å². The third kappa shape index (κ3) is 3.68. The standard InChI is InChI=1S/C16H21N7O/c1-12-20-15(21-24-12)11-22(2)13-4-3-8-23(9-5-13)16-14(10-17)18-6-7-19-16/h6-7,13H,3-5,8-9,11H2,1-2H3. The molecule has 8 heteroatoms. The average Bonchev–Trinajstić information content (AvgIpc) is 2.86. The molecule has 1 atom stereocenters. The van der Waals surface area contributed by atoms with E-state index in [4.69, 9.17) is 4.52 Å². The fraction of sp³-hybridized carbons (Fsp3) is 0.562. The van der Waals surface area contributed by atoms with Crippen molar-refractivity contribution in [3.05, 3.63) is 29.8 Å². The van der Waals surface area contributed by atoms with Gasteiger partial charge in [0.2, 0.25) is 5.89 Å². The summed E-state index contributed by atoms with van der Waals surface area (Å²) in [4.78, 5) is 17.2. The molecule has 0 aromatic carbocycles. The summed E-state index contributed by atoms with van der Waals surface area (Å²) in [6, 6.07) is 2.57. The summed E-state index contributed by atoms with van der Waals surface area (Å²) in [6.45, 7) is 4.22. The molecule has 3 rings (SSSR count). The molecule has 8 nitrogen and oxygen atoms in total. The smallest absolute Gasteiger partial charge is 0.223 e. The molecule has 3 heterocycles. The molecule has 0 aliphatic carbocycles. The number of hydrogen-bond acceptors (Lipinski definition) is 8. The highest BCUT2D eigenvalue weighted by Gasteiger charge is 2.23. The Labute approximate surface area is 141 Å². The molecule has 0 saturated carbocycles. The zero-order chi connectivity index (χ0) is 16.9. The van der Waals surface area contributed by atoms with Crippen LogP contribution in [0.15, 0.2) is 16.9 Å². The van der Waals surface area contributed by atoms with Gasteiger partial charge in [0.1, 0.15) is 6.07 Å². The van der Waals surface area contributed by atoms with Crippen molar-refractivity contribution in [3.8, 4) is 6.07 Å². The molecule has 0 amide bonds. The molecule has 2 aromatic heterocycles. The number of anilines is 1. The number of rotatable bonds is 4. The van der Waals surface area contributed by atoms with Gasteiger partial charge in [-0.3, -0.25) is 4.90 Å². The van der Waals surface area contributed by atoms with E-state index in [-0.39, 0.29) is 0 Å². The molecular weight excluding hydrogens is 306 g/mol. The monoisotopic (exact) mass is 327 g/mol. The molecule has 1 aliphatic heterocycles. The third-order valence-electron chi connectivity index (χ3n) is 4.37. The molecule has 1 saturated heterocycles. The first-order valence-electron chi connectivity index (χ1n) is 8.13. The predicted molar refractivity (Wildman–Crippen MR) is 87.1 cm³/mol. The van der Waals surface area contributed by atoms with Crippen molar-refractivity contribution in [2.75, 3.05) is 25.0 Å². The Hall–Kier alpha value is -2.53. The normalized spacial score (nSPS) is 18.4. The Morgan fingerprint density at radius 2 is 2.17 bits per heavy atom. The summed E-state index contributed by atoms with van der Waals surface area (Å²) in [7, 11) is 2.09. The number of nitrogens with zero attached hydrogens (tertiary/aromatic N) is 7. The van der Waals surface area contributed by atoms with E-state index in [0.29, 0.717) is 30.0 Å². The zero-order valence-corrected chi connectivity index (χ0v) is 14.0. The van der Waals surface area contributed by atoms with E-state index in [1.807, 2.05) is 0 Å². The lowest BCUT2D eigenvalue weighted by molar-refractivity contribution is 0.209. The summed E-state index contributed by atoms with van der Waals surface area (Å²) >= 11 is 0. The van der Waals surface area contributed by atoms with Crippen LogP contribution < -0.4 is 4.90 Å². The zero-order valence-electron chi connectivity index (χ0n) is 14.0. The molecular formula is C16H21N7O. The van der Waals surface area contributed by atoms with E-state index in [1.165, 1.54) is 0 Å². The van der Waals surface area contributed by atoms with E-state index >= 15 is 0 Å². The molecule has 0 bridgehead atoms. The van der Waals surface area contributed by atoms with Crippen molar-refractivity contribution in [2.45, 2.75) is 38.8 Å². The van der Waals surface area contributed by atoms with E-state index in [9.17, 15) is 5.26 Å². The fourth-order valence-electron chi connectivity index (χ4n) is 3.13. The summed E-state index contributed by atoms with van der Waals surface area (Å²) in [6.07, 6.45) is 6.33. The molecule has 24 heavy (non-hydrogen) atoms. The molecule has 0 spiro atoms. The Kier molecular flexibility index (Phi) is 5.01. The largest absolute Gasteiger partial charge is 0.354 e. The van der Waals surface area contributed by atoms with Gasteiger partial charge in [-0.15, -0.1) is 0 Å². The fourth-order valence-corrected chi connectivity index (χ4v) is 3.13. The lowest BCUT2D eigenvalue weighted by atomic mass is 10.1. The highest BCUT2D eigenvalue weighted by Crippen LogP contribution is 2.22. The van der Waals surface area contributed by atoms with E-state index in [0.717, 1.165) is 38.2 Å². The van der Waals surface area contributed by atoms with Crippen LogP contribution in [0, 0.1) is 18.3 Å². The van der Waals surface area contributed by atoms with Gasteiger partial charge in [-0.2, -0.15) is 10.2 Å². The number of aromatic nitrogens is 4. The summed E-state index contributed by atoms with van der Waals surface area (Å²) in [5, 5.41) is 13.2. The summed E-state index contributed by atoms with van der Waals surface area (Å²) < 4.78 is 5.04. The second-order valence-electron chi connectivity index (χ2n) is 6.06.